The summed E-state index contributed by atoms with van der Waals surface area (Å²) in [5.74, 6) is 0. The van der Waals surface area contributed by atoms with Crippen molar-refractivity contribution < 1.29 is 4.79 Å². The van der Waals surface area contributed by atoms with Gasteiger partial charge in [0.25, 0.3) is 0 Å². The molecule has 0 saturated heterocycles. The summed E-state index contributed by atoms with van der Waals surface area (Å²) in [6.45, 7) is 0. The van der Waals surface area contributed by atoms with E-state index in [-0.39, 0.29) is 0 Å². The summed E-state index contributed by atoms with van der Waals surface area (Å²) in [4.78, 5) is 12.7. The van der Waals surface area contributed by atoms with Gasteiger partial charge >= 0.3 is 0 Å². The van der Waals surface area contributed by atoms with Crippen LogP contribution in [0.15, 0.2) is 46.9 Å². The number of nitriles is 1. The second-order valence-corrected chi connectivity index (χ2v) is 4.90. The highest BCUT2D eigenvalue weighted by Crippen LogP contribution is 2.31. The number of hydrogen-bond donors (Lipinski definition) is 0. The van der Waals surface area contributed by atoms with Crippen molar-refractivity contribution in [2.24, 2.45) is 0 Å². The van der Waals surface area contributed by atoms with Crippen LogP contribution in [-0.2, 0) is 0 Å². The maximum absolute atomic E-state index is 10.7. The Hall–Kier alpha value is -2.12. The van der Waals surface area contributed by atoms with Gasteiger partial charge in [0.2, 0.25) is 0 Å². The quantitative estimate of drug-likeness (QED) is 0.807. The third-order valence-corrected chi connectivity index (χ3v) is 3.49. The number of benzene rings is 2. The highest BCUT2D eigenvalue weighted by molar-refractivity contribution is 9.10. The molecule has 0 aliphatic rings. The molecular weight excluding hydrogens is 304 g/mol. The van der Waals surface area contributed by atoms with Crippen molar-refractivity contribution in [2.75, 3.05) is 11.9 Å². The molecule has 0 atom stereocenters. The molecule has 0 aliphatic heterocycles. The Balaban J connectivity index is 2.35. The van der Waals surface area contributed by atoms with E-state index in [1.165, 1.54) is 0 Å². The third-order valence-electron chi connectivity index (χ3n) is 2.85. The molecule has 0 saturated carbocycles. The van der Waals surface area contributed by atoms with Crippen molar-refractivity contribution >= 4 is 33.6 Å². The van der Waals surface area contributed by atoms with Crippen LogP contribution in [0.25, 0.3) is 0 Å². The molecule has 3 nitrogen and oxygen atoms in total. The summed E-state index contributed by atoms with van der Waals surface area (Å²) in [6, 6.07) is 14.9. The molecule has 0 aliphatic carbocycles. The second kappa shape index (κ2) is 5.68. The fourth-order valence-corrected chi connectivity index (χ4v) is 2.43. The fourth-order valence-electron chi connectivity index (χ4n) is 1.77. The number of carbonyl (C=O) groups excluding carboxylic acids is 1. The first-order chi connectivity index (χ1) is 9.15. The molecule has 0 radical (unpaired) electrons. The van der Waals surface area contributed by atoms with Crippen LogP contribution in [0.5, 0.6) is 0 Å². The molecular formula is C15H11BrN2O. The zero-order chi connectivity index (χ0) is 13.8. The Labute approximate surface area is 120 Å². The zero-order valence-electron chi connectivity index (χ0n) is 10.3. The number of carbonyl (C=O) groups is 1. The first-order valence-corrected chi connectivity index (χ1v) is 6.43. The number of nitrogens with zero attached hydrogens (tertiary/aromatic N) is 2. The van der Waals surface area contributed by atoms with Crippen molar-refractivity contribution in [1.29, 1.82) is 5.26 Å². The first-order valence-electron chi connectivity index (χ1n) is 5.64. The predicted molar refractivity (Wildman–Crippen MR) is 78.7 cm³/mol. The van der Waals surface area contributed by atoms with E-state index < -0.39 is 0 Å². The van der Waals surface area contributed by atoms with Gasteiger partial charge in [0.1, 0.15) is 6.29 Å². The van der Waals surface area contributed by atoms with E-state index in [0.29, 0.717) is 11.1 Å². The topological polar surface area (TPSA) is 44.1 Å². The molecule has 0 N–H and O–H groups in total. The zero-order valence-corrected chi connectivity index (χ0v) is 11.9. The van der Waals surface area contributed by atoms with Gasteiger partial charge in [-0.3, -0.25) is 4.79 Å². The summed E-state index contributed by atoms with van der Waals surface area (Å²) in [6.07, 6.45) is 0.816. The SMILES string of the molecule is CN(c1ccc(C#N)cc1)c1ccc(C=O)cc1Br. The Morgan fingerprint density at radius 1 is 1.21 bits per heavy atom. The average Bonchev–Trinajstić information content (AvgIpc) is 2.46. The van der Waals surface area contributed by atoms with Crippen LogP contribution in [0.3, 0.4) is 0 Å². The van der Waals surface area contributed by atoms with Gasteiger partial charge in [-0.15, -0.1) is 0 Å². The lowest BCUT2D eigenvalue weighted by Crippen LogP contribution is -2.10. The number of aldehydes is 1. The Bertz CT molecular complexity index is 644. The van der Waals surface area contributed by atoms with Crippen molar-refractivity contribution in [3.63, 3.8) is 0 Å². The summed E-state index contributed by atoms with van der Waals surface area (Å²) in [5.41, 5.74) is 3.19. The van der Waals surface area contributed by atoms with Gasteiger partial charge in [-0.25, -0.2) is 0 Å². The minimum atomic E-state index is 0.629. The minimum Gasteiger partial charge on any atom is -0.344 e. The molecule has 0 fully saturated rings. The standard InChI is InChI=1S/C15H11BrN2O/c1-18(13-5-2-11(9-17)3-6-13)15-7-4-12(10-19)8-14(15)16/h2-8,10H,1H3. The number of hydrogen-bond acceptors (Lipinski definition) is 3. The van der Waals surface area contributed by atoms with Crippen LogP contribution >= 0.6 is 15.9 Å². The van der Waals surface area contributed by atoms with Crippen LogP contribution in [0.2, 0.25) is 0 Å². The van der Waals surface area contributed by atoms with Crippen molar-refractivity contribution in [1.82, 2.24) is 0 Å². The molecule has 94 valence electrons. The number of anilines is 2. The summed E-state index contributed by atoms with van der Waals surface area (Å²) in [5, 5.41) is 8.78. The van der Waals surface area contributed by atoms with Gasteiger partial charge in [-0.05, 0) is 58.4 Å². The van der Waals surface area contributed by atoms with Gasteiger partial charge in [-0.1, -0.05) is 0 Å². The van der Waals surface area contributed by atoms with Gasteiger partial charge in [-0.2, -0.15) is 5.26 Å². The molecule has 0 heterocycles. The predicted octanol–water partition coefficient (Wildman–Crippen LogP) is 3.90. The van der Waals surface area contributed by atoms with Crippen LogP contribution < -0.4 is 4.90 Å². The molecule has 0 bridgehead atoms. The maximum Gasteiger partial charge on any atom is 0.150 e. The van der Waals surface area contributed by atoms with Crippen LogP contribution in [0.1, 0.15) is 15.9 Å². The summed E-state index contributed by atoms with van der Waals surface area (Å²) < 4.78 is 0.851. The highest BCUT2D eigenvalue weighted by Gasteiger charge is 2.08. The monoisotopic (exact) mass is 314 g/mol. The molecule has 0 spiro atoms. The lowest BCUT2D eigenvalue weighted by molar-refractivity contribution is 0.112. The maximum atomic E-state index is 10.7. The van der Waals surface area contributed by atoms with E-state index in [2.05, 4.69) is 22.0 Å². The second-order valence-electron chi connectivity index (χ2n) is 4.05. The molecule has 0 aromatic heterocycles. The van der Waals surface area contributed by atoms with E-state index in [1.807, 2.05) is 30.1 Å². The minimum absolute atomic E-state index is 0.629. The van der Waals surface area contributed by atoms with Crippen molar-refractivity contribution in [3.8, 4) is 6.07 Å². The lowest BCUT2D eigenvalue weighted by atomic mass is 10.2. The fraction of sp³-hybridized carbons (Fsp3) is 0.0667. The number of halogens is 1. The Morgan fingerprint density at radius 2 is 1.89 bits per heavy atom. The smallest absolute Gasteiger partial charge is 0.150 e. The van der Waals surface area contributed by atoms with Gasteiger partial charge in [0.15, 0.2) is 0 Å². The average molecular weight is 315 g/mol. The van der Waals surface area contributed by atoms with E-state index in [9.17, 15) is 4.79 Å². The molecule has 0 unspecified atom stereocenters. The van der Waals surface area contributed by atoms with E-state index >= 15 is 0 Å². The highest BCUT2D eigenvalue weighted by atomic mass is 79.9. The van der Waals surface area contributed by atoms with Gasteiger partial charge in [0.05, 0.1) is 17.3 Å². The molecule has 2 aromatic rings. The number of rotatable bonds is 3. The first kappa shape index (κ1) is 13.3. The molecule has 2 aromatic carbocycles. The van der Waals surface area contributed by atoms with Crippen LogP contribution in [0.4, 0.5) is 11.4 Å². The Kier molecular flexibility index (Phi) is 3.98. The van der Waals surface area contributed by atoms with Crippen LogP contribution in [-0.4, -0.2) is 13.3 Å². The normalized spacial score (nSPS) is 9.74. The molecule has 19 heavy (non-hydrogen) atoms. The summed E-state index contributed by atoms with van der Waals surface area (Å²) >= 11 is 3.46. The molecule has 0 amide bonds. The van der Waals surface area contributed by atoms with Gasteiger partial charge in [0, 0.05) is 22.8 Å². The molecule has 2 rings (SSSR count). The van der Waals surface area contributed by atoms with Gasteiger partial charge < -0.3 is 4.90 Å². The van der Waals surface area contributed by atoms with E-state index in [4.69, 9.17) is 5.26 Å². The third kappa shape index (κ3) is 2.83. The molecule has 4 heteroatoms. The van der Waals surface area contributed by atoms with E-state index in [0.717, 1.165) is 22.1 Å². The largest absolute Gasteiger partial charge is 0.344 e. The van der Waals surface area contributed by atoms with Crippen molar-refractivity contribution in [2.45, 2.75) is 0 Å². The van der Waals surface area contributed by atoms with Crippen molar-refractivity contribution in [3.05, 3.63) is 58.1 Å². The Morgan fingerprint density at radius 3 is 2.42 bits per heavy atom. The van der Waals surface area contributed by atoms with E-state index in [1.54, 1.807) is 24.3 Å². The summed E-state index contributed by atoms with van der Waals surface area (Å²) in [7, 11) is 1.93. The van der Waals surface area contributed by atoms with Crippen LogP contribution in [0, 0.1) is 11.3 Å². The lowest BCUT2D eigenvalue weighted by Gasteiger charge is -2.21.